The minimum Gasteiger partial charge on any atom is -0.481 e. The summed E-state index contributed by atoms with van der Waals surface area (Å²) in [7, 11) is 0. The van der Waals surface area contributed by atoms with Crippen molar-refractivity contribution in [2.45, 2.75) is 26.8 Å². The third-order valence-electron chi connectivity index (χ3n) is 2.68. The topological polar surface area (TPSA) is 62.2 Å². The number of hydrogen-bond donors (Lipinski definition) is 2. The Bertz CT molecular complexity index is 396. The molecule has 2 N–H and O–H groups in total. The summed E-state index contributed by atoms with van der Waals surface area (Å²) in [5, 5.41) is 12.0. The second-order valence-corrected chi connectivity index (χ2v) is 4.91. The van der Waals surface area contributed by atoms with Crippen molar-refractivity contribution in [3.63, 3.8) is 0 Å². The fourth-order valence-corrected chi connectivity index (χ4v) is 1.97. The number of pyridine rings is 1. The van der Waals surface area contributed by atoms with Gasteiger partial charge in [-0.25, -0.2) is 0 Å². The summed E-state index contributed by atoms with van der Waals surface area (Å²) in [5.41, 5.74) is 2.05. The maximum Gasteiger partial charge on any atom is 0.307 e. The zero-order valence-corrected chi connectivity index (χ0v) is 11.6. The predicted molar refractivity (Wildman–Crippen MR) is 69.8 cm³/mol. The van der Waals surface area contributed by atoms with Crippen LogP contribution in [-0.2, 0) is 11.3 Å². The quantitative estimate of drug-likeness (QED) is 0.846. The summed E-state index contributed by atoms with van der Waals surface area (Å²) in [6, 6.07) is 2.00. The second kappa shape index (κ2) is 6.71. The Morgan fingerprint density at radius 2 is 2.35 bits per heavy atom. The number of hydrogen-bond acceptors (Lipinski definition) is 3. The Morgan fingerprint density at radius 1 is 1.65 bits per heavy atom. The van der Waals surface area contributed by atoms with Gasteiger partial charge in [-0.05, 0) is 40.9 Å². The van der Waals surface area contributed by atoms with Crippen molar-refractivity contribution in [3.05, 3.63) is 28.0 Å². The third kappa shape index (κ3) is 4.44. The molecule has 1 unspecified atom stereocenters. The van der Waals surface area contributed by atoms with Crippen LogP contribution in [0.5, 0.6) is 0 Å². The maximum absolute atomic E-state index is 10.8. The number of aliphatic carboxylic acids is 1. The second-order valence-electron chi connectivity index (χ2n) is 3.99. The number of carbonyl (C=O) groups is 1. The molecule has 0 aliphatic heterocycles. The van der Waals surface area contributed by atoms with E-state index in [1.54, 1.807) is 6.20 Å². The van der Waals surface area contributed by atoms with E-state index >= 15 is 0 Å². The van der Waals surface area contributed by atoms with Crippen LogP contribution in [0.25, 0.3) is 0 Å². The highest BCUT2D eigenvalue weighted by Crippen LogP contribution is 2.12. The standard InChI is InChI=1S/C12H17BrN2O2/c1-3-9(12(16)17)5-14-7-11-8(2)4-10(13)6-15-11/h4,6,9,14H,3,5,7H2,1-2H3,(H,16,17). The smallest absolute Gasteiger partial charge is 0.307 e. The third-order valence-corrected chi connectivity index (χ3v) is 3.11. The molecule has 0 spiro atoms. The molecule has 0 fully saturated rings. The fraction of sp³-hybridized carbons (Fsp3) is 0.500. The first-order valence-corrected chi connectivity index (χ1v) is 6.38. The first kappa shape index (κ1) is 14.1. The Hall–Kier alpha value is -0.940. The molecule has 0 saturated carbocycles. The number of carboxylic acid groups (broad SMARTS) is 1. The van der Waals surface area contributed by atoms with Crippen molar-refractivity contribution < 1.29 is 9.90 Å². The van der Waals surface area contributed by atoms with Gasteiger partial charge in [0.05, 0.1) is 11.6 Å². The lowest BCUT2D eigenvalue weighted by Crippen LogP contribution is -2.28. The predicted octanol–water partition coefficient (Wildman–Crippen LogP) is 2.35. The van der Waals surface area contributed by atoms with Crippen molar-refractivity contribution in [2.75, 3.05) is 6.54 Å². The van der Waals surface area contributed by atoms with Crippen LogP contribution in [0.1, 0.15) is 24.6 Å². The molecular weight excluding hydrogens is 284 g/mol. The van der Waals surface area contributed by atoms with E-state index in [0.29, 0.717) is 19.5 Å². The average molecular weight is 301 g/mol. The highest BCUT2D eigenvalue weighted by atomic mass is 79.9. The highest BCUT2D eigenvalue weighted by Gasteiger charge is 2.14. The number of nitrogens with one attached hydrogen (secondary N) is 1. The Morgan fingerprint density at radius 3 is 2.88 bits per heavy atom. The van der Waals surface area contributed by atoms with Crippen LogP contribution in [0.15, 0.2) is 16.7 Å². The van der Waals surface area contributed by atoms with Crippen molar-refractivity contribution >= 4 is 21.9 Å². The van der Waals surface area contributed by atoms with Crippen LogP contribution in [0.3, 0.4) is 0 Å². The molecule has 5 heteroatoms. The number of rotatable bonds is 6. The van der Waals surface area contributed by atoms with Crippen molar-refractivity contribution in [1.82, 2.24) is 10.3 Å². The van der Waals surface area contributed by atoms with Gasteiger partial charge in [0.2, 0.25) is 0 Å². The van der Waals surface area contributed by atoms with Gasteiger partial charge in [-0.3, -0.25) is 9.78 Å². The molecule has 1 atom stereocenters. The number of nitrogens with zero attached hydrogens (tertiary/aromatic N) is 1. The van der Waals surface area contributed by atoms with E-state index < -0.39 is 5.97 Å². The monoisotopic (exact) mass is 300 g/mol. The molecule has 0 aromatic carbocycles. The zero-order chi connectivity index (χ0) is 12.8. The molecule has 1 rings (SSSR count). The van der Waals surface area contributed by atoms with Gasteiger partial charge < -0.3 is 10.4 Å². The van der Waals surface area contributed by atoms with Crippen LogP contribution in [0.2, 0.25) is 0 Å². The summed E-state index contributed by atoms with van der Waals surface area (Å²) in [5.74, 6) is -1.08. The molecule has 0 bridgehead atoms. The SMILES string of the molecule is CCC(CNCc1ncc(Br)cc1C)C(=O)O. The van der Waals surface area contributed by atoms with Crippen molar-refractivity contribution in [2.24, 2.45) is 5.92 Å². The first-order chi connectivity index (χ1) is 8.04. The summed E-state index contributed by atoms with van der Waals surface area (Å²) in [6.07, 6.45) is 2.38. The lowest BCUT2D eigenvalue weighted by atomic mass is 10.1. The van der Waals surface area contributed by atoms with E-state index in [4.69, 9.17) is 5.11 Å². The Balaban J connectivity index is 2.48. The molecule has 94 valence electrons. The first-order valence-electron chi connectivity index (χ1n) is 5.59. The molecule has 1 heterocycles. The molecule has 1 aromatic heterocycles. The molecule has 0 amide bonds. The van der Waals surface area contributed by atoms with Crippen LogP contribution in [0.4, 0.5) is 0 Å². The van der Waals surface area contributed by atoms with Crippen LogP contribution < -0.4 is 5.32 Å². The largest absolute Gasteiger partial charge is 0.481 e. The molecule has 0 saturated heterocycles. The Labute approximate surface area is 110 Å². The molecule has 17 heavy (non-hydrogen) atoms. The van der Waals surface area contributed by atoms with E-state index in [-0.39, 0.29) is 5.92 Å². The van der Waals surface area contributed by atoms with Crippen molar-refractivity contribution in [3.8, 4) is 0 Å². The zero-order valence-electron chi connectivity index (χ0n) is 10.0. The van der Waals surface area contributed by atoms with E-state index in [1.165, 1.54) is 0 Å². The molecular formula is C12H17BrN2O2. The lowest BCUT2D eigenvalue weighted by molar-refractivity contribution is -0.141. The number of halogens is 1. The molecule has 4 nitrogen and oxygen atoms in total. The summed E-state index contributed by atoms with van der Waals surface area (Å²) in [6.45, 7) is 4.94. The normalized spacial score (nSPS) is 12.4. The van der Waals surface area contributed by atoms with Gasteiger partial charge in [-0.15, -0.1) is 0 Å². The molecule has 0 radical (unpaired) electrons. The van der Waals surface area contributed by atoms with E-state index in [0.717, 1.165) is 15.7 Å². The van der Waals surface area contributed by atoms with Gasteiger partial charge in [-0.1, -0.05) is 6.92 Å². The van der Waals surface area contributed by atoms with E-state index in [1.807, 2.05) is 19.9 Å². The number of carboxylic acids is 1. The summed E-state index contributed by atoms with van der Waals surface area (Å²) >= 11 is 3.36. The molecule has 0 aliphatic carbocycles. The fourth-order valence-electron chi connectivity index (χ4n) is 1.52. The average Bonchev–Trinajstić information content (AvgIpc) is 2.26. The van der Waals surface area contributed by atoms with Gasteiger partial charge in [-0.2, -0.15) is 0 Å². The van der Waals surface area contributed by atoms with Gasteiger partial charge in [0.25, 0.3) is 0 Å². The van der Waals surface area contributed by atoms with Gasteiger partial charge in [0.15, 0.2) is 0 Å². The Kier molecular flexibility index (Phi) is 5.58. The lowest BCUT2D eigenvalue weighted by Gasteiger charge is -2.11. The minimum absolute atomic E-state index is 0.328. The molecule has 0 aliphatic rings. The number of aromatic nitrogens is 1. The maximum atomic E-state index is 10.8. The minimum atomic E-state index is -0.750. The van der Waals surface area contributed by atoms with Crippen LogP contribution in [0, 0.1) is 12.8 Å². The van der Waals surface area contributed by atoms with Gasteiger partial charge in [0.1, 0.15) is 0 Å². The van der Waals surface area contributed by atoms with Crippen LogP contribution in [-0.4, -0.2) is 22.6 Å². The van der Waals surface area contributed by atoms with E-state index in [9.17, 15) is 4.79 Å². The van der Waals surface area contributed by atoms with Crippen molar-refractivity contribution in [1.29, 1.82) is 0 Å². The number of aryl methyl sites for hydroxylation is 1. The van der Waals surface area contributed by atoms with Crippen LogP contribution >= 0.6 is 15.9 Å². The highest BCUT2D eigenvalue weighted by molar-refractivity contribution is 9.10. The molecule has 1 aromatic rings. The van der Waals surface area contributed by atoms with E-state index in [2.05, 4.69) is 26.2 Å². The summed E-state index contributed by atoms with van der Waals surface area (Å²) < 4.78 is 0.954. The van der Waals surface area contributed by atoms with Gasteiger partial charge >= 0.3 is 5.97 Å². The van der Waals surface area contributed by atoms with Gasteiger partial charge in [0, 0.05) is 23.8 Å². The summed E-state index contributed by atoms with van der Waals surface area (Å²) in [4.78, 5) is 15.1.